The monoisotopic (exact) mass is 517 g/mol. The van der Waals surface area contributed by atoms with Gasteiger partial charge in [-0.05, 0) is 84.5 Å². The van der Waals surface area contributed by atoms with Crippen molar-refractivity contribution in [1.82, 2.24) is 9.13 Å². The lowest BCUT2D eigenvalue weighted by molar-refractivity contribution is 0.684. The molecule has 2 heterocycles. The predicted octanol–water partition coefficient (Wildman–Crippen LogP) is 8.78. The highest BCUT2D eigenvalue weighted by molar-refractivity contribution is 6.10. The van der Waals surface area contributed by atoms with Crippen LogP contribution in [0.25, 0.3) is 55.6 Å². The zero-order chi connectivity index (χ0) is 26.6. The SMILES string of the molecule is NCn1c2c(c3cc(-c4ccc5c(c4)c4ccccc4n5-c4ccccc4)ccc31)CC(C1=CC=CCC1)C=C2. The highest BCUT2D eigenvalue weighted by Crippen LogP contribution is 2.40. The molecule has 0 radical (unpaired) electrons. The Morgan fingerprint density at radius 1 is 0.750 bits per heavy atom. The zero-order valence-corrected chi connectivity index (χ0v) is 22.4. The molecule has 3 heteroatoms. The second kappa shape index (κ2) is 9.25. The van der Waals surface area contributed by atoms with Crippen LogP contribution in [0.3, 0.4) is 0 Å². The number of nitrogens with two attached hydrogens (primary N) is 1. The van der Waals surface area contributed by atoms with E-state index in [9.17, 15) is 0 Å². The van der Waals surface area contributed by atoms with Gasteiger partial charge < -0.3 is 14.9 Å². The zero-order valence-electron chi connectivity index (χ0n) is 22.4. The Labute approximate surface area is 234 Å². The van der Waals surface area contributed by atoms with Crippen molar-refractivity contribution in [2.24, 2.45) is 11.7 Å². The number of benzene rings is 4. The van der Waals surface area contributed by atoms with E-state index in [0.29, 0.717) is 12.6 Å². The van der Waals surface area contributed by atoms with Crippen LogP contribution >= 0.6 is 0 Å². The number of hydrogen-bond acceptors (Lipinski definition) is 1. The van der Waals surface area contributed by atoms with Crippen LogP contribution in [0.2, 0.25) is 0 Å². The summed E-state index contributed by atoms with van der Waals surface area (Å²) < 4.78 is 4.64. The van der Waals surface area contributed by atoms with Gasteiger partial charge in [0.15, 0.2) is 0 Å². The van der Waals surface area contributed by atoms with Crippen molar-refractivity contribution in [3.8, 4) is 16.8 Å². The van der Waals surface area contributed by atoms with E-state index in [1.165, 1.54) is 66.4 Å². The van der Waals surface area contributed by atoms with Gasteiger partial charge in [-0.15, -0.1) is 0 Å². The molecule has 1 atom stereocenters. The van der Waals surface area contributed by atoms with Crippen LogP contribution < -0.4 is 5.73 Å². The average Bonchev–Trinajstić information content (AvgIpc) is 3.53. The Morgan fingerprint density at radius 3 is 2.30 bits per heavy atom. The smallest absolute Gasteiger partial charge is 0.0706 e. The number of allylic oxidation sites excluding steroid dienone is 5. The molecule has 0 spiro atoms. The Morgan fingerprint density at radius 2 is 1.50 bits per heavy atom. The molecular formula is C37H31N3. The van der Waals surface area contributed by atoms with Crippen LogP contribution in [-0.4, -0.2) is 9.13 Å². The summed E-state index contributed by atoms with van der Waals surface area (Å²) in [7, 11) is 0. The van der Waals surface area contributed by atoms with Crippen molar-refractivity contribution in [2.45, 2.75) is 25.9 Å². The number of hydrogen-bond donors (Lipinski definition) is 1. The highest BCUT2D eigenvalue weighted by Gasteiger charge is 2.24. The van der Waals surface area contributed by atoms with Gasteiger partial charge in [0, 0.05) is 39.0 Å². The van der Waals surface area contributed by atoms with Crippen molar-refractivity contribution < 1.29 is 0 Å². The van der Waals surface area contributed by atoms with Crippen LogP contribution in [-0.2, 0) is 13.1 Å². The summed E-state index contributed by atoms with van der Waals surface area (Å²) in [6.07, 6.45) is 14.8. The number of nitrogens with zero attached hydrogens (tertiary/aromatic N) is 2. The summed E-state index contributed by atoms with van der Waals surface area (Å²) >= 11 is 0. The normalized spacial score (nSPS) is 16.6. The second-order valence-corrected chi connectivity index (χ2v) is 11.0. The summed E-state index contributed by atoms with van der Waals surface area (Å²) in [6, 6.07) is 33.2. The van der Waals surface area contributed by atoms with Gasteiger partial charge in [-0.1, -0.05) is 78.4 Å². The molecule has 40 heavy (non-hydrogen) atoms. The number of fused-ring (bicyclic) bond motifs is 6. The van der Waals surface area contributed by atoms with Gasteiger partial charge in [-0.25, -0.2) is 0 Å². The average molecular weight is 518 g/mol. The Kier molecular flexibility index (Phi) is 5.39. The van der Waals surface area contributed by atoms with E-state index in [1.54, 1.807) is 0 Å². The van der Waals surface area contributed by atoms with Gasteiger partial charge in [0.1, 0.15) is 0 Å². The minimum absolute atomic E-state index is 0.457. The molecule has 6 aromatic rings. The molecule has 0 amide bonds. The van der Waals surface area contributed by atoms with Crippen molar-refractivity contribution in [3.63, 3.8) is 0 Å². The Balaban J connectivity index is 1.28. The van der Waals surface area contributed by atoms with E-state index in [0.717, 1.165) is 19.3 Å². The van der Waals surface area contributed by atoms with E-state index >= 15 is 0 Å². The molecule has 2 N–H and O–H groups in total. The summed E-state index contributed by atoms with van der Waals surface area (Å²) in [5.41, 5.74) is 17.9. The first-order chi connectivity index (χ1) is 19.8. The maximum atomic E-state index is 6.28. The van der Waals surface area contributed by atoms with Gasteiger partial charge in [0.05, 0.1) is 17.7 Å². The molecule has 2 aliphatic carbocycles. The van der Waals surface area contributed by atoms with Crippen LogP contribution in [0.5, 0.6) is 0 Å². The van der Waals surface area contributed by atoms with E-state index in [4.69, 9.17) is 5.73 Å². The molecular weight excluding hydrogens is 486 g/mol. The summed E-state index contributed by atoms with van der Waals surface area (Å²) in [5.74, 6) is 0.457. The third kappa shape index (κ3) is 3.55. The molecule has 0 saturated carbocycles. The molecule has 3 nitrogen and oxygen atoms in total. The lowest BCUT2D eigenvalue weighted by atomic mass is 9.83. The fourth-order valence-electron chi connectivity index (χ4n) is 6.91. The quantitative estimate of drug-likeness (QED) is 0.249. The number of rotatable bonds is 4. The van der Waals surface area contributed by atoms with Crippen molar-refractivity contribution in [2.75, 3.05) is 0 Å². The minimum atomic E-state index is 0.457. The minimum Gasteiger partial charge on any atom is -0.328 e. The number of para-hydroxylation sites is 2. The van der Waals surface area contributed by atoms with Gasteiger partial charge in [-0.3, -0.25) is 0 Å². The molecule has 0 aliphatic heterocycles. The van der Waals surface area contributed by atoms with Crippen LogP contribution in [0.15, 0.2) is 121 Å². The fourth-order valence-corrected chi connectivity index (χ4v) is 6.91. The van der Waals surface area contributed by atoms with Gasteiger partial charge >= 0.3 is 0 Å². The maximum absolute atomic E-state index is 6.28. The molecule has 0 saturated heterocycles. The van der Waals surface area contributed by atoms with E-state index in [-0.39, 0.29) is 0 Å². The predicted molar refractivity (Wildman–Crippen MR) is 169 cm³/mol. The highest BCUT2D eigenvalue weighted by atomic mass is 15.1. The topological polar surface area (TPSA) is 35.9 Å². The fraction of sp³-hybridized carbons (Fsp3) is 0.135. The summed E-state index contributed by atoms with van der Waals surface area (Å²) in [4.78, 5) is 0. The molecule has 1 unspecified atom stereocenters. The van der Waals surface area contributed by atoms with Crippen LogP contribution in [0.1, 0.15) is 24.1 Å². The Hall–Kier alpha value is -4.60. The lowest BCUT2D eigenvalue weighted by Gasteiger charge is -2.22. The van der Waals surface area contributed by atoms with Gasteiger partial charge in [-0.2, -0.15) is 0 Å². The maximum Gasteiger partial charge on any atom is 0.0706 e. The van der Waals surface area contributed by atoms with E-state index < -0.39 is 0 Å². The molecule has 194 valence electrons. The first kappa shape index (κ1) is 23.3. The van der Waals surface area contributed by atoms with Crippen LogP contribution in [0, 0.1) is 5.92 Å². The van der Waals surface area contributed by atoms with Crippen molar-refractivity contribution in [1.29, 1.82) is 0 Å². The van der Waals surface area contributed by atoms with Crippen LogP contribution in [0.4, 0.5) is 0 Å². The first-order valence-corrected chi connectivity index (χ1v) is 14.3. The molecule has 8 rings (SSSR count). The summed E-state index contributed by atoms with van der Waals surface area (Å²) in [6.45, 7) is 0.483. The number of aromatic nitrogens is 2. The van der Waals surface area contributed by atoms with Crippen molar-refractivity contribution >= 4 is 38.8 Å². The Bertz CT molecular complexity index is 2010. The van der Waals surface area contributed by atoms with E-state index in [2.05, 4.69) is 131 Å². The lowest BCUT2D eigenvalue weighted by Crippen LogP contribution is -2.14. The second-order valence-electron chi connectivity index (χ2n) is 11.0. The largest absolute Gasteiger partial charge is 0.328 e. The van der Waals surface area contributed by atoms with Crippen molar-refractivity contribution in [3.05, 3.63) is 132 Å². The third-order valence-corrected chi connectivity index (χ3v) is 8.85. The third-order valence-electron chi connectivity index (χ3n) is 8.85. The molecule has 4 aromatic carbocycles. The first-order valence-electron chi connectivity index (χ1n) is 14.3. The molecule has 2 aromatic heterocycles. The van der Waals surface area contributed by atoms with Gasteiger partial charge in [0.2, 0.25) is 0 Å². The van der Waals surface area contributed by atoms with E-state index in [1.807, 2.05) is 0 Å². The summed E-state index contributed by atoms with van der Waals surface area (Å²) in [5, 5.41) is 3.88. The molecule has 2 aliphatic rings. The standard InChI is InChI=1S/C37H31N3/c38-24-39-34-18-15-26(25-9-3-1-4-10-25)21-32(34)33-23-27(16-19-35(33)39)28-17-20-37-31(22-28)30-13-7-8-14-36(30)40(37)29-11-5-2-6-12-29/h1-3,5-9,11-20,22-23,26H,4,10,21,24,38H2. The molecule has 0 bridgehead atoms. The van der Waals surface area contributed by atoms with Gasteiger partial charge in [0.25, 0.3) is 0 Å². The molecule has 0 fully saturated rings.